The number of aromatic nitrogens is 2. The third kappa shape index (κ3) is 5.10. The highest BCUT2D eigenvalue weighted by Crippen LogP contribution is 2.64. The fraction of sp³-hybridized carbons (Fsp3) is 0.341. The zero-order valence-corrected chi connectivity index (χ0v) is 32.2. The first-order valence-electron chi connectivity index (χ1n) is 18.0. The molecule has 2 aliphatic heterocycles. The Morgan fingerprint density at radius 1 is 1.02 bits per heavy atom. The number of likely N-dealkylation sites (tertiary alicyclic amines) is 1. The van der Waals surface area contributed by atoms with Gasteiger partial charge in [0.15, 0.2) is 0 Å². The number of aryl methyl sites for hydroxylation is 2. The van der Waals surface area contributed by atoms with Gasteiger partial charge >= 0.3 is 0 Å². The molecule has 3 aromatic heterocycles. The Kier molecular flexibility index (Phi) is 8.46. The smallest absolute Gasteiger partial charge is 0.242 e. The Bertz CT molecular complexity index is 2420. The van der Waals surface area contributed by atoms with Crippen LogP contribution in [0, 0.1) is 36.0 Å². The van der Waals surface area contributed by atoms with Crippen LogP contribution in [0.4, 0.5) is 5.82 Å². The lowest BCUT2D eigenvalue weighted by Gasteiger charge is -2.49. The van der Waals surface area contributed by atoms with E-state index < -0.39 is 35.0 Å². The highest BCUT2D eigenvalue weighted by molar-refractivity contribution is 7.22. The fourth-order valence-electron chi connectivity index (χ4n) is 9.58. The first kappa shape index (κ1) is 35.1. The molecule has 54 heavy (non-hydrogen) atoms. The Morgan fingerprint density at radius 3 is 2.61 bits per heavy atom. The van der Waals surface area contributed by atoms with Crippen LogP contribution in [-0.2, 0) is 32.8 Å². The molecule has 4 aliphatic rings. The van der Waals surface area contributed by atoms with Crippen LogP contribution in [0.25, 0.3) is 20.7 Å². The van der Waals surface area contributed by atoms with Gasteiger partial charge < -0.3 is 9.84 Å². The number of carbonyl (C=O) groups excluding carboxylic acids is 4. The van der Waals surface area contributed by atoms with Crippen LogP contribution in [-0.4, -0.2) is 56.6 Å². The number of anilines is 1. The monoisotopic (exact) mass is 780 g/mol. The predicted octanol–water partition coefficient (Wildman–Crippen LogP) is 7.13. The molecule has 1 saturated carbocycles. The van der Waals surface area contributed by atoms with Crippen molar-refractivity contribution in [3.8, 4) is 16.3 Å². The topological polar surface area (TPSA) is 122 Å². The molecule has 6 unspecified atom stereocenters. The Morgan fingerprint density at radius 2 is 1.83 bits per heavy atom. The molecule has 9 rings (SSSR count). The summed E-state index contributed by atoms with van der Waals surface area (Å²) in [5, 5.41) is 18.1. The number of para-hydroxylation sites is 1. The van der Waals surface area contributed by atoms with E-state index in [2.05, 4.69) is 0 Å². The van der Waals surface area contributed by atoms with Crippen LogP contribution >= 0.6 is 34.3 Å². The summed E-state index contributed by atoms with van der Waals surface area (Å²) in [5.41, 5.74) is 1.97. The predicted molar refractivity (Wildman–Crippen MR) is 207 cm³/mol. The van der Waals surface area contributed by atoms with E-state index >= 15 is 4.79 Å². The minimum atomic E-state index is -1.26. The maximum atomic E-state index is 15.2. The molecule has 2 aliphatic carbocycles. The lowest BCUT2D eigenvalue weighted by Crippen LogP contribution is -2.49. The molecule has 0 spiro atoms. The van der Waals surface area contributed by atoms with Crippen molar-refractivity contribution in [1.29, 1.82) is 0 Å². The van der Waals surface area contributed by atoms with E-state index in [9.17, 15) is 19.5 Å². The van der Waals surface area contributed by atoms with Crippen LogP contribution in [0.15, 0.2) is 77.7 Å². The standard InChI is InChI=1S/C41H37ClN4O6S2/c1-21-27-17-22(42)10-13-32(27)54-36(21)30-19-33(44(3)43-30)46-38(49)29-18-28-24(11-12-26-34(28)39(50)45(37(26)48)20-23-7-6-16-53-23)35(41(29,2)40(46)51)25-8-4-5-9-31(25)52-15-14-47/h4-11,13,16-17,19,26,28-29,34-35,47H,12,14-15,18,20H2,1-3H3. The summed E-state index contributed by atoms with van der Waals surface area (Å²) in [6.07, 6.45) is 2.64. The van der Waals surface area contributed by atoms with Gasteiger partial charge in [-0.05, 0) is 79.3 Å². The number of ether oxygens (including phenoxy) is 1. The number of rotatable bonds is 8. The molecular formula is C41H37ClN4O6S2. The van der Waals surface area contributed by atoms with Crippen LogP contribution in [0.5, 0.6) is 5.75 Å². The van der Waals surface area contributed by atoms with Gasteiger partial charge in [0.05, 0.1) is 41.2 Å². The number of imide groups is 2. The number of aliphatic hydroxyl groups excluding tert-OH is 1. The average molecular weight is 781 g/mol. The van der Waals surface area contributed by atoms with E-state index in [-0.39, 0.29) is 49.8 Å². The molecule has 4 amide bonds. The number of halogens is 1. The van der Waals surface area contributed by atoms with Gasteiger partial charge in [0.1, 0.15) is 23.9 Å². The van der Waals surface area contributed by atoms with E-state index in [1.54, 1.807) is 35.2 Å². The molecule has 5 aromatic rings. The van der Waals surface area contributed by atoms with Gasteiger partial charge in [0, 0.05) is 39.2 Å². The van der Waals surface area contributed by atoms with Gasteiger partial charge in [-0.25, -0.2) is 4.90 Å². The number of allylic oxidation sites excluding steroid dienone is 2. The second-order valence-corrected chi connectivity index (χ2v) is 17.3. The molecule has 10 nitrogen and oxygen atoms in total. The number of hydrogen-bond donors (Lipinski definition) is 1. The number of hydrogen-bond acceptors (Lipinski definition) is 9. The molecule has 2 saturated heterocycles. The Labute approximate surface area is 324 Å². The normalized spacial score (nSPS) is 26.4. The van der Waals surface area contributed by atoms with Crippen molar-refractivity contribution < 1.29 is 29.0 Å². The second-order valence-electron chi connectivity index (χ2n) is 14.8. The highest BCUT2D eigenvalue weighted by atomic mass is 35.5. The summed E-state index contributed by atoms with van der Waals surface area (Å²) in [4.78, 5) is 62.8. The molecular weight excluding hydrogens is 744 g/mol. The molecule has 0 bridgehead atoms. The maximum absolute atomic E-state index is 15.2. The van der Waals surface area contributed by atoms with Gasteiger partial charge in [-0.3, -0.25) is 28.8 Å². The zero-order chi connectivity index (χ0) is 37.6. The number of thiophene rings is 2. The minimum Gasteiger partial charge on any atom is -0.491 e. The third-order valence-corrected chi connectivity index (χ3v) is 14.4. The van der Waals surface area contributed by atoms with Crippen molar-refractivity contribution in [2.24, 2.45) is 36.1 Å². The van der Waals surface area contributed by atoms with Crippen molar-refractivity contribution >= 4 is 73.8 Å². The Hall–Kier alpha value is -4.62. The second kappa shape index (κ2) is 13.0. The fourth-order valence-corrected chi connectivity index (χ4v) is 11.6. The SMILES string of the molecule is Cc1c(-c2cc(N3C(=O)C4CC5C(=CCC6C(=O)N(Cc7cccs7)C(=O)C65)C(c5ccccc5OCCO)C4(C)C3=O)n(C)n2)sc2ccc(Cl)cc12. The largest absolute Gasteiger partial charge is 0.491 e. The van der Waals surface area contributed by atoms with E-state index in [0.29, 0.717) is 34.3 Å². The summed E-state index contributed by atoms with van der Waals surface area (Å²) in [6, 6.07) is 18.8. The van der Waals surface area contributed by atoms with Gasteiger partial charge in [-0.2, -0.15) is 5.10 Å². The van der Waals surface area contributed by atoms with Crippen LogP contribution in [0.1, 0.15) is 41.7 Å². The summed E-state index contributed by atoms with van der Waals surface area (Å²) >= 11 is 9.40. The van der Waals surface area contributed by atoms with Gasteiger partial charge in [-0.1, -0.05) is 47.5 Å². The quantitative estimate of drug-likeness (QED) is 0.131. The van der Waals surface area contributed by atoms with E-state index in [1.807, 2.05) is 73.8 Å². The summed E-state index contributed by atoms with van der Waals surface area (Å²) < 4.78 is 8.70. The molecule has 276 valence electrons. The van der Waals surface area contributed by atoms with Crippen molar-refractivity contribution in [2.75, 3.05) is 18.1 Å². The average Bonchev–Trinajstić information content (AvgIpc) is 3.97. The van der Waals surface area contributed by atoms with Crippen molar-refractivity contribution in [1.82, 2.24) is 14.7 Å². The summed E-state index contributed by atoms with van der Waals surface area (Å²) in [6.45, 7) is 3.93. The molecule has 3 fully saturated rings. The van der Waals surface area contributed by atoms with Crippen molar-refractivity contribution in [3.63, 3.8) is 0 Å². The van der Waals surface area contributed by atoms with Crippen LogP contribution in [0.2, 0.25) is 5.02 Å². The van der Waals surface area contributed by atoms with E-state index in [0.717, 1.165) is 31.0 Å². The molecule has 5 heterocycles. The lowest BCUT2D eigenvalue weighted by atomic mass is 9.51. The van der Waals surface area contributed by atoms with Crippen molar-refractivity contribution in [2.45, 2.75) is 39.2 Å². The Balaban J connectivity index is 1.15. The molecule has 13 heteroatoms. The summed E-state index contributed by atoms with van der Waals surface area (Å²) in [5.74, 6) is -3.37. The molecule has 2 aromatic carbocycles. The van der Waals surface area contributed by atoms with Gasteiger partial charge in [-0.15, -0.1) is 22.7 Å². The number of fused-ring (bicyclic) bond motifs is 5. The van der Waals surface area contributed by atoms with Crippen LogP contribution in [0.3, 0.4) is 0 Å². The van der Waals surface area contributed by atoms with Gasteiger partial charge in [0.25, 0.3) is 0 Å². The highest BCUT2D eigenvalue weighted by Gasteiger charge is 2.68. The number of amides is 4. The first-order chi connectivity index (χ1) is 26.0. The number of benzene rings is 2. The summed E-state index contributed by atoms with van der Waals surface area (Å²) in [7, 11) is 1.73. The van der Waals surface area contributed by atoms with Gasteiger partial charge in [0.2, 0.25) is 23.6 Å². The van der Waals surface area contributed by atoms with E-state index in [4.69, 9.17) is 21.4 Å². The molecule has 1 N–H and O–H groups in total. The van der Waals surface area contributed by atoms with Crippen LogP contribution < -0.4 is 9.64 Å². The number of carbonyl (C=O) groups is 4. The third-order valence-electron chi connectivity index (χ3n) is 12.1. The molecule has 6 atom stereocenters. The van der Waals surface area contributed by atoms with E-state index in [1.165, 1.54) is 21.1 Å². The minimum absolute atomic E-state index is 0.0435. The number of aliphatic hydroxyl groups is 1. The maximum Gasteiger partial charge on any atom is 0.242 e. The zero-order valence-electron chi connectivity index (χ0n) is 29.8. The lowest BCUT2D eigenvalue weighted by molar-refractivity contribution is -0.141. The van der Waals surface area contributed by atoms with Crippen molar-refractivity contribution in [3.05, 3.63) is 98.7 Å². The first-order valence-corrected chi connectivity index (χ1v) is 20.1. The molecule has 0 radical (unpaired) electrons. The number of nitrogens with zero attached hydrogens (tertiary/aromatic N) is 4.